The maximum absolute atomic E-state index is 9.19. The van der Waals surface area contributed by atoms with E-state index in [-0.39, 0.29) is 6.61 Å². The van der Waals surface area contributed by atoms with Crippen LogP contribution in [0.2, 0.25) is 0 Å². The van der Waals surface area contributed by atoms with Gasteiger partial charge in [0.25, 0.3) is 0 Å². The molecule has 2 bridgehead atoms. The minimum absolute atomic E-state index is 0.0733. The highest BCUT2D eigenvalue weighted by Crippen LogP contribution is 2.34. The molecule has 0 spiro atoms. The maximum atomic E-state index is 9.19. The van der Waals surface area contributed by atoms with Crippen LogP contribution in [0.25, 0.3) is 16.0 Å². The van der Waals surface area contributed by atoms with Crippen molar-refractivity contribution in [3.63, 3.8) is 0 Å². The fourth-order valence-electron chi connectivity index (χ4n) is 4.17. The molecule has 4 heterocycles. The lowest BCUT2D eigenvalue weighted by Gasteiger charge is -2.46. The van der Waals surface area contributed by atoms with E-state index in [1.807, 2.05) is 23.3 Å². The zero-order chi connectivity index (χ0) is 18.8. The lowest BCUT2D eigenvalue weighted by Crippen LogP contribution is -2.54. The Balaban J connectivity index is 1.52. The van der Waals surface area contributed by atoms with Gasteiger partial charge in [-0.25, -0.2) is 5.01 Å². The van der Waals surface area contributed by atoms with E-state index < -0.39 is 0 Å². The number of hydrogen-bond acceptors (Lipinski definition) is 5. The summed E-state index contributed by atoms with van der Waals surface area (Å²) in [6.45, 7) is 5.58. The molecule has 1 unspecified atom stereocenters. The molecule has 27 heavy (non-hydrogen) atoms. The van der Waals surface area contributed by atoms with Crippen molar-refractivity contribution < 1.29 is 5.11 Å². The van der Waals surface area contributed by atoms with E-state index in [1.54, 1.807) is 11.3 Å². The Kier molecular flexibility index (Phi) is 5.38. The summed E-state index contributed by atoms with van der Waals surface area (Å²) in [5.74, 6) is 0.650. The number of nitrogens with zero attached hydrogens (tertiary/aromatic N) is 3. The topological polar surface area (TPSA) is 62.9 Å². The van der Waals surface area contributed by atoms with Gasteiger partial charge in [0.05, 0.1) is 12.6 Å². The zero-order valence-corrected chi connectivity index (χ0v) is 16.5. The van der Waals surface area contributed by atoms with E-state index in [0.717, 1.165) is 23.2 Å². The van der Waals surface area contributed by atoms with Gasteiger partial charge in [0.15, 0.2) is 0 Å². The Labute approximate surface area is 164 Å². The Hall–Kier alpha value is -2.02. The number of piperidine rings is 3. The molecule has 3 aliphatic rings. The first-order valence-electron chi connectivity index (χ1n) is 9.55. The predicted molar refractivity (Wildman–Crippen MR) is 109 cm³/mol. The van der Waals surface area contributed by atoms with Crippen LogP contribution in [0.5, 0.6) is 0 Å². The summed E-state index contributed by atoms with van der Waals surface area (Å²) in [6.07, 6.45) is 4.48. The quantitative estimate of drug-likeness (QED) is 0.566. The van der Waals surface area contributed by atoms with E-state index in [2.05, 4.69) is 41.3 Å². The third kappa shape index (κ3) is 3.83. The van der Waals surface area contributed by atoms with Crippen molar-refractivity contribution in [1.29, 1.82) is 5.53 Å². The van der Waals surface area contributed by atoms with Crippen molar-refractivity contribution in [2.45, 2.75) is 32.4 Å². The van der Waals surface area contributed by atoms with Crippen molar-refractivity contribution in [2.24, 2.45) is 11.1 Å². The standard InChI is InChI=1S/C21H26N4OS/c1-15(12-25(23-22)19-13-24-10-8-17(19)9-11-24)20-6-7-21(27-20)18-4-2-16(14-26)3-5-18/h2-7,12,17,19,22,26H,8-11,13-14H2,1H3. The zero-order valence-electron chi connectivity index (χ0n) is 15.6. The Bertz CT molecular complexity index is 821. The minimum Gasteiger partial charge on any atom is -0.392 e. The third-order valence-corrected chi connectivity index (χ3v) is 7.09. The molecule has 0 saturated carbocycles. The highest BCUT2D eigenvalue weighted by Gasteiger charge is 2.37. The molecule has 0 radical (unpaired) electrons. The van der Waals surface area contributed by atoms with Gasteiger partial charge in [-0.2, -0.15) is 5.53 Å². The van der Waals surface area contributed by atoms with Gasteiger partial charge in [-0.3, -0.25) is 0 Å². The third-order valence-electron chi connectivity index (χ3n) is 5.82. The molecule has 1 atom stereocenters. The van der Waals surface area contributed by atoms with E-state index in [4.69, 9.17) is 5.53 Å². The van der Waals surface area contributed by atoms with Gasteiger partial charge >= 0.3 is 0 Å². The van der Waals surface area contributed by atoms with Gasteiger partial charge in [-0.15, -0.1) is 11.3 Å². The molecule has 6 heteroatoms. The van der Waals surface area contributed by atoms with E-state index in [1.165, 1.54) is 35.7 Å². The van der Waals surface area contributed by atoms with Crippen LogP contribution in [0.4, 0.5) is 0 Å². The molecule has 1 aromatic heterocycles. The summed E-state index contributed by atoms with van der Waals surface area (Å²) in [7, 11) is 0. The molecule has 5 nitrogen and oxygen atoms in total. The SMILES string of the molecule is CC(=CN(N=N)C1CN2CCC1CC2)c1ccc(-c2ccc(CO)cc2)s1. The van der Waals surface area contributed by atoms with Crippen LogP contribution in [0.1, 0.15) is 30.2 Å². The van der Waals surface area contributed by atoms with E-state index >= 15 is 0 Å². The Morgan fingerprint density at radius 2 is 2.00 bits per heavy atom. The monoisotopic (exact) mass is 382 g/mol. The molecule has 0 aliphatic carbocycles. The van der Waals surface area contributed by atoms with Crippen LogP contribution in [-0.2, 0) is 6.61 Å². The molecular weight excluding hydrogens is 356 g/mol. The van der Waals surface area contributed by atoms with Crippen LogP contribution in [0.15, 0.2) is 47.8 Å². The van der Waals surface area contributed by atoms with Crippen LogP contribution in [-0.4, -0.2) is 40.7 Å². The Morgan fingerprint density at radius 3 is 2.59 bits per heavy atom. The van der Waals surface area contributed by atoms with Crippen LogP contribution in [0.3, 0.4) is 0 Å². The highest BCUT2D eigenvalue weighted by molar-refractivity contribution is 7.16. The van der Waals surface area contributed by atoms with Crippen molar-refractivity contribution in [2.75, 3.05) is 19.6 Å². The van der Waals surface area contributed by atoms with Crippen LogP contribution in [0, 0.1) is 11.4 Å². The van der Waals surface area contributed by atoms with Gasteiger partial charge < -0.3 is 10.0 Å². The first kappa shape index (κ1) is 18.3. The lowest BCUT2D eigenvalue weighted by atomic mass is 9.84. The molecule has 1 aromatic carbocycles. The van der Waals surface area contributed by atoms with E-state index in [0.29, 0.717) is 12.0 Å². The van der Waals surface area contributed by atoms with Crippen molar-refractivity contribution in [3.8, 4) is 10.4 Å². The summed E-state index contributed by atoms with van der Waals surface area (Å²) in [6, 6.07) is 12.6. The molecule has 2 aromatic rings. The molecule has 3 aliphatic heterocycles. The maximum Gasteiger partial charge on any atom is 0.0692 e. The second kappa shape index (κ2) is 7.92. The second-order valence-corrected chi connectivity index (χ2v) is 8.60. The number of benzene rings is 1. The van der Waals surface area contributed by atoms with Crippen LogP contribution < -0.4 is 0 Å². The molecule has 5 rings (SSSR count). The minimum atomic E-state index is 0.0733. The average Bonchev–Trinajstić information content (AvgIpc) is 3.23. The van der Waals surface area contributed by atoms with E-state index in [9.17, 15) is 5.11 Å². The summed E-state index contributed by atoms with van der Waals surface area (Å²) >= 11 is 1.75. The first-order chi connectivity index (χ1) is 13.2. The number of aliphatic hydroxyl groups is 1. The fraction of sp³-hybridized carbons (Fsp3) is 0.429. The van der Waals surface area contributed by atoms with Gasteiger partial charge in [0.1, 0.15) is 0 Å². The van der Waals surface area contributed by atoms with Gasteiger partial charge in [-0.1, -0.05) is 29.5 Å². The number of aliphatic hydroxyl groups excluding tert-OH is 1. The van der Waals surface area contributed by atoms with Crippen molar-refractivity contribution in [3.05, 3.63) is 53.0 Å². The predicted octanol–water partition coefficient (Wildman–Crippen LogP) is 4.61. The van der Waals surface area contributed by atoms with Gasteiger partial charge in [-0.05, 0) is 67.6 Å². The summed E-state index contributed by atoms with van der Waals surface area (Å²) in [5, 5.41) is 14.9. The lowest BCUT2D eigenvalue weighted by molar-refractivity contribution is 0.0223. The summed E-state index contributed by atoms with van der Waals surface area (Å²) in [4.78, 5) is 4.90. The molecule has 142 valence electrons. The second-order valence-electron chi connectivity index (χ2n) is 7.52. The van der Waals surface area contributed by atoms with Crippen molar-refractivity contribution >= 4 is 16.9 Å². The fourth-order valence-corrected chi connectivity index (χ4v) is 5.15. The normalized spacial score (nSPS) is 24.8. The number of thiophene rings is 1. The number of rotatable bonds is 6. The summed E-state index contributed by atoms with van der Waals surface area (Å²) < 4.78 is 0. The number of hydrogen-bond donors (Lipinski definition) is 2. The Morgan fingerprint density at radius 1 is 1.26 bits per heavy atom. The first-order valence-corrected chi connectivity index (χ1v) is 10.4. The molecule has 2 N–H and O–H groups in total. The summed E-state index contributed by atoms with van der Waals surface area (Å²) in [5.41, 5.74) is 10.9. The number of allylic oxidation sites excluding steroid dienone is 1. The largest absolute Gasteiger partial charge is 0.392 e. The highest BCUT2D eigenvalue weighted by atomic mass is 32.1. The average molecular weight is 383 g/mol. The molecule has 3 fully saturated rings. The molecule has 3 saturated heterocycles. The molecular formula is C21H26N4OS. The van der Waals surface area contributed by atoms with Gasteiger partial charge in [0.2, 0.25) is 0 Å². The number of nitrogens with one attached hydrogen (secondary N) is 1. The van der Waals surface area contributed by atoms with Crippen LogP contribution >= 0.6 is 11.3 Å². The van der Waals surface area contributed by atoms with Crippen molar-refractivity contribution in [1.82, 2.24) is 9.91 Å². The number of fused-ring (bicyclic) bond motifs is 3. The molecule has 0 amide bonds. The smallest absolute Gasteiger partial charge is 0.0692 e. The van der Waals surface area contributed by atoms with Gasteiger partial charge in [0, 0.05) is 22.5 Å².